The van der Waals surface area contributed by atoms with Gasteiger partial charge in [-0.1, -0.05) is 44.4 Å². The lowest BCUT2D eigenvalue weighted by Gasteiger charge is -2.36. The molecule has 0 spiro atoms. The van der Waals surface area contributed by atoms with Crippen LogP contribution in [0.2, 0.25) is 0 Å². The zero-order valence-corrected chi connectivity index (χ0v) is 23.0. The van der Waals surface area contributed by atoms with Gasteiger partial charge < -0.3 is 20.3 Å². The van der Waals surface area contributed by atoms with Crippen molar-refractivity contribution in [3.05, 3.63) is 34.9 Å². The van der Waals surface area contributed by atoms with Crippen molar-refractivity contribution in [3.63, 3.8) is 0 Å². The lowest BCUT2D eigenvalue weighted by molar-refractivity contribution is -0.142. The quantitative estimate of drug-likeness (QED) is 0.419. The van der Waals surface area contributed by atoms with Gasteiger partial charge in [0.15, 0.2) is 0 Å². The van der Waals surface area contributed by atoms with E-state index in [-0.39, 0.29) is 23.6 Å². The molecule has 0 radical (unpaired) electrons. The summed E-state index contributed by atoms with van der Waals surface area (Å²) in [6.07, 6.45) is 5.26. The third-order valence-electron chi connectivity index (χ3n) is 6.25. The van der Waals surface area contributed by atoms with Crippen LogP contribution in [0.5, 0.6) is 0 Å². The number of benzene rings is 1. The van der Waals surface area contributed by atoms with Crippen LogP contribution in [0.1, 0.15) is 89.0 Å². The second-order valence-corrected chi connectivity index (χ2v) is 10.8. The number of amides is 3. The zero-order chi connectivity index (χ0) is 26.2. The zero-order valence-electron chi connectivity index (χ0n) is 22.1. The highest BCUT2D eigenvalue weighted by Crippen LogP contribution is 2.30. The van der Waals surface area contributed by atoms with E-state index in [4.69, 9.17) is 4.74 Å². The molecule has 2 rings (SSSR count). The van der Waals surface area contributed by atoms with E-state index in [1.54, 1.807) is 25.7 Å². The first-order valence-corrected chi connectivity index (χ1v) is 13.4. The molecule has 2 N–H and O–H groups in total. The molecule has 3 amide bonds. The maximum atomic E-state index is 13.8. The third kappa shape index (κ3) is 8.44. The molecule has 0 aromatic heterocycles. The Hall–Kier alpha value is -2.22. The summed E-state index contributed by atoms with van der Waals surface area (Å²) in [7, 11) is 0. The molecule has 0 bridgehead atoms. The number of thiol groups is 1. The third-order valence-corrected chi connectivity index (χ3v) is 6.61. The summed E-state index contributed by atoms with van der Waals surface area (Å²) >= 11 is 4.34. The fourth-order valence-corrected chi connectivity index (χ4v) is 4.90. The Morgan fingerprint density at radius 2 is 1.71 bits per heavy atom. The number of carbonyl (C=O) groups is 3. The van der Waals surface area contributed by atoms with Crippen LogP contribution in [0.15, 0.2) is 18.2 Å². The molecule has 1 aliphatic rings. The minimum absolute atomic E-state index is 0.0853. The normalized spacial score (nSPS) is 16.2. The Bertz CT molecular complexity index is 857. The number of alkyl carbamates (subject to hydrolysis) is 1. The first kappa shape index (κ1) is 29.0. The molecular weight excluding hydrogens is 462 g/mol. The van der Waals surface area contributed by atoms with Gasteiger partial charge in [-0.15, -0.1) is 0 Å². The summed E-state index contributed by atoms with van der Waals surface area (Å²) in [6, 6.07) is 4.28. The summed E-state index contributed by atoms with van der Waals surface area (Å²) in [6.45, 7) is 11.6. The van der Waals surface area contributed by atoms with Crippen molar-refractivity contribution in [2.24, 2.45) is 0 Å². The SMILES string of the molecule is CCCN(C(=O)C(CS)NC(=O)OC(C)(C)C)C(C(=O)NC1CCCCC1)c1c(C)cccc1C. The Labute approximate surface area is 216 Å². The van der Waals surface area contributed by atoms with Gasteiger partial charge in [0.05, 0.1) is 0 Å². The number of ether oxygens (including phenoxy) is 1. The second kappa shape index (κ2) is 13.2. The molecule has 1 aromatic rings. The van der Waals surface area contributed by atoms with Crippen LogP contribution >= 0.6 is 12.6 Å². The number of hydrogen-bond donors (Lipinski definition) is 3. The molecular formula is C27H43N3O4S. The van der Waals surface area contributed by atoms with Gasteiger partial charge in [0.2, 0.25) is 11.8 Å². The van der Waals surface area contributed by atoms with E-state index < -0.39 is 23.8 Å². The number of carbonyl (C=O) groups excluding carboxylic acids is 3. The number of hydrogen-bond acceptors (Lipinski definition) is 5. The summed E-state index contributed by atoms with van der Waals surface area (Å²) in [4.78, 5) is 41.7. The molecule has 8 heteroatoms. The highest BCUT2D eigenvalue weighted by molar-refractivity contribution is 7.80. The van der Waals surface area contributed by atoms with Gasteiger partial charge >= 0.3 is 6.09 Å². The Morgan fingerprint density at radius 3 is 2.23 bits per heavy atom. The van der Waals surface area contributed by atoms with Gasteiger partial charge in [0, 0.05) is 18.3 Å². The lowest BCUT2D eigenvalue weighted by Crippen LogP contribution is -2.55. The van der Waals surface area contributed by atoms with Crippen LogP contribution in [0.25, 0.3) is 0 Å². The van der Waals surface area contributed by atoms with E-state index in [1.165, 1.54) is 6.42 Å². The highest BCUT2D eigenvalue weighted by atomic mass is 32.1. The predicted octanol–water partition coefficient (Wildman–Crippen LogP) is 4.86. The van der Waals surface area contributed by atoms with E-state index in [0.29, 0.717) is 13.0 Å². The van der Waals surface area contributed by atoms with Crippen LogP contribution in [0.3, 0.4) is 0 Å². The molecule has 1 fully saturated rings. The van der Waals surface area contributed by atoms with Crippen molar-refractivity contribution in [3.8, 4) is 0 Å². The highest BCUT2D eigenvalue weighted by Gasteiger charge is 2.37. The van der Waals surface area contributed by atoms with Gasteiger partial charge in [0.1, 0.15) is 17.7 Å². The molecule has 35 heavy (non-hydrogen) atoms. The maximum Gasteiger partial charge on any atom is 0.408 e. The van der Waals surface area contributed by atoms with Crippen molar-refractivity contribution in [1.82, 2.24) is 15.5 Å². The molecule has 7 nitrogen and oxygen atoms in total. The minimum atomic E-state index is -0.922. The van der Waals surface area contributed by atoms with Crippen molar-refractivity contribution in [2.45, 2.75) is 104 Å². The molecule has 1 saturated carbocycles. The van der Waals surface area contributed by atoms with Crippen molar-refractivity contribution in [2.75, 3.05) is 12.3 Å². The largest absolute Gasteiger partial charge is 0.444 e. The average Bonchev–Trinajstić information content (AvgIpc) is 2.78. The molecule has 0 heterocycles. The molecule has 1 aliphatic carbocycles. The molecule has 1 aromatic carbocycles. The topological polar surface area (TPSA) is 87.7 Å². The van der Waals surface area contributed by atoms with Crippen molar-refractivity contribution >= 4 is 30.5 Å². The van der Waals surface area contributed by atoms with E-state index >= 15 is 0 Å². The monoisotopic (exact) mass is 505 g/mol. The summed E-state index contributed by atoms with van der Waals surface area (Å²) in [5, 5.41) is 5.89. The van der Waals surface area contributed by atoms with Crippen molar-refractivity contribution in [1.29, 1.82) is 0 Å². The molecule has 0 saturated heterocycles. The van der Waals surface area contributed by atoms with Crippen LogP contribution in [0.4, 0.5) is 4.79 Å². The second-order valence-electron chi connectivity index (χ2n) is 10.5. The van der Waals surface area contributed by atoms with E-state index in [0.717, 1.165) is 42.4 Å². The summed E-state index contributed by atoms with van der Waals surface area (Å²) in [5.74, 6) is -0.437. The van der Waals surface area contributed by atoms with E-state index in [1.807, 2.05) is 39.0 Å². The predicted molar refractivity (Wildman–Crippen MR) is 143 cm³/mol. The fourth-order valence-electron chi connectivity index (χ4n) is 4.66. The van der Waals surface area contributed by atoms with Crippen LogP contribution in [0, 0.1) is 13.8 Å². The number of aryl methyl sites for hydroxylation is 2. The molecule has 2 atom stereocenters. The van der Waals surface area contributed by atoms with Crippen LogP contribution in [-0.4, -0.2) is 52.8 Å². The molecule has 0 aliphatic heterocycles. The number of nitrogens with one attached hydrogen (secondary N) is 2. The van der Waals surface area contributed by atoms with Gasteiger partial charge in [0.25, 0.3) is 0 Å². The lowest BCUT2D eigenvalue weighted by atomic mass is 9.91. The Kier molecular flexibility index (Phi) is 10.9. The Morgan fingerprint density at radius 1 is 1.11 bits per heavy atom. The first-order valence-electron chi connectivity index (χ1n) is 12.8. The van der Waals surface area contributed by atoms with Gasteiger partial charge in [-0.05, 0) is 70.6 Å². The molecule has 2 unspecified atom stereocenters. The summed E-state index contributed by atoms with van der Waals surface area (Å²) in [5.41, 5.74) is 2.03. The smallest absolute Gasteiger partial charge is 0.408 e. The standard InChI is InChI=1S/C27H43N3O4S/c1-7-16-30(25(32)21(17-35)29-26(33)34-27(4,5)6)23(22-18(2)12-11-13-19(22)3)24(31)28-20-14-9-8-10-15-20/h11-13,20-21,23,35H,7-10,14-17H2,1-6H3,(H,28,31)(H,29,33). The van der Waals surface area contributed by atoms with Crippen LogP contribution in [-0.2, 0) is 14.3 Å². The maximum absolute atomic E-state index is 13.8. The average molecular weight is 506 g/mol. The van der Waals surface area contributed by atoms with Gasteiger partial charge in [-0.25, -0.2) is 4.79 Å². The first-order chi connectivity index (χ1) is 16.5. The number of rotatable bonds is 9. The molecule has 196 valence electrons. The summed E-state index contributed by atoms with van der Waals surface area (Å²) < 4.78 is 5.36. The number of nitrogens with zero attached hydrogens (tertiary/aromatic N) is 1. The van der Waals surface area contributed by atoms with E-state index in [9.17, 15) is 14.4 Å². The minimum Gasteiger partial charge on any atom is -0.444 e. The van der Waals surface area contributed by atoms with E-state index in [2.05, 4.69) is 23.3 Å². The Balaban J connectivity index is 2.42. The van der Waals surface area contributed by atoms with Gasteiger partial charge in [-0.2, -0.15) is 12.6 Å². The van der Waals surface area contributed by atoms with Crippen molar-refractivity contribution < 1.29 is 19.1 Å². The fraction of sp³-hybridized carbons (Fsp3) is 0.667. The van der Waals surface area contributed by atoms with Crippen LogP contribution < -0.4 is 10.6 Å². The van der Waals surface area contributed by atoms with Gasteiger partial charge in [-0.3, -0.25) is 9.59 Å².